The molecule has 2 rings (SSSR count). The third kappa shape index (κ3) is 3.81. The van der Waals surface area contributed by atoms with E-state index in [9.17, 15) is 0 Å². The van der Waals surface area contributed by atoms with E-state index in [0.29, 0.717) is 11.9 Å². The van der Waals surface area contributed by atoms with Gasteiger partial charge in [-0.15, -0.1) is 0 Å². The molecule has 2 aromatic heterocycles. The number of anilines is 4. The van der Waals surface area contributed by atoms with Crippen molar-refractivity contribution in [1.29, 1.82) is 0 Å². The zero-order chi connectivity index (χ0) is 16.3. The fourth-order valence-electron chi connectivity index (χ4n) is 1.75. The maximum Gasteiger partial charge on any atom is 0.232 e. The lowest BCUT2D eigenvalue weighted by Gasteiger charge is -2.15. The molecular formula is C15H23N7. The van der Waals surface area contributed by atoms with E-state index in [4.69, 9.17) is 0 Å². The highest BCUT2D eigenvalue weighted by atomic mass is 15.3. The lowest BCUT2D eigenvalue weighted by Crippen LogP contribution is -2.16. The molecule has 0 bridgehead atoms. The molecule has 0 fully saturated rings. The molecular weight excluding hydrogens is 278 g/mol. The quantitative estimate of drug-likeness (QED) is 0.908. The first kappa shape index (κ1) is 15.9. The summed E-state index contributed by atoms with van der Waals surface area (Å²) in [6.45, 7) is 4.12. The van der Waals surface area contributed by atoms with Crippen LogP contribution in [0.25, 0.3) is 0 Å². The van der Waals surface area contributed by atoms with Crippen molar-refractivity contribution in [3.63, 3.8) is 0 Å². The standard InChI is InChI=1S/C15H23N7/c1-10(2)13-18-14(20-15(19-13)22(5)6)17-11-7-8-12(16-9-11)21(3)4/h7-10H,1-6H3,(H,17,18,19,20). The number of hydrogen-bond donors (Lipinski definition) is 1. The molecule has 0 atom stereocenters. The van der Waals surface area contributed by atoms with E-state index in [1.54, 1.807) is 6.20 Å². The van der Waals surface area contributed by atoms with E-state index in [-0.39, 0.29) is 5.92 Å². The Morgan fingerprint density at radius 2 is 1.68 bits per heavy atom. The molecule has 2 heterocycles. The summed E-state index contributed by atoms with van der Waals surface area (Å²) in [4.78, 5) is 21.5. The van der Waals surface area contributed by atoms with Crippen LogP contribution in [0.2, 0.25) is 0 Å². The second-order valence-corrected chi connectivity index (χ2v) is 5.79. The lowest BCUT2D eigenvalue weighted by molar-refractivity contribution is 0.757. The molecule has 0 saturated heterocycles. The summed E-state index contributed by atoms with van der Waals surface area (Å²) in [6.07, 6.45) is 1.77. The van der Waals surface area contributed by atoms with Gasteiger partial charge in [-0.05, 0) is 12.1 Å². The molecule has 0 aliphatic rings. The van der Waals surface area contributed by atoms with Crippen LogP contribution in [0.4, 0.5) is 23.4 Å². The van der Waals surface area contributed by atoms with Gasteiger partial charge in [-0.1, -0.05) is 13.8 Å². The van der Waals surface area contributed by atoms with Gasteiger partial charge in [0.1, 0.15) is 11.6 Å². The van der Waals surface area contributed by atoms with Crippen LogP contribution in [-0.4, -0.2) is 48.1 Å². The summed E-state index contributed by atoms with van der Waals surface area (Å²) in [7, 11) is 7.74. The van der Waals surface area contributed by atoms with Gasteiger partial charge in [-0.2, -0.15) is 15.0 Å². The minimum atomic E-state index is 0.233. The van der Waals surface area contributed by atoms with Crippen molar-refractivity contribution >= 4 is 23.4 Å². The van der Waals surface area contributed by atoms with Gasteiger partial charge in [0.05, 0.1) is 11.9 Å². The number of pyridine rings is 1. The molecule has 0 radical (unpaired) electrons. The largest absolute Gasteiger partial charge is 0.363 e. The van der Waals surface area contributed by atoms with Gasteiger partial charge >= 0.3 is 0 Å². The average molecular weight is 301 g/mol. The van der Waals surface area contributed by atoms with Crippen LogP contribution in [0.3, 0.4) is 0 Å². The van der Waals surface area contributed by atoms with Gasteiger partial charge < -0.3 is 15.1 Å². The van der Waals surface area contributed by atoms with Gasteiger partial charge in [0.25, 0.3) is 0 Å². The Bertz CT molecular complexity index is 594. The Labute approximate surface area is 131 Å². The SMILES string of the molecule is CC(C)c1nc(Nc2ccc(N(C)C)nc2)nc(N(C)C)n1. The van der Waals surface area contributed by atoms with Crippen LogP contribution in [-0.2, 0) is 0 Å². The monoisotopic (exact) mass is 301 g/mol. The maximum absolute atomic E-state index is 4.47. The van der Waals surface area contributed by atoms with Crippen molar-refractivity contribution in [2.45, 2.75) is 19.8 Å². The molecule has 1 N–H and O–H groups in total. The van der Waals surface area contributed by atoms with Crippen LogP contribution >= 0.6 is 0 Å². The molecule has 0 aromatic carbocycles. The van der Waals surface area contributed by atoms with E-state index in [1.165, 1.54) is 0 Å². The molecule has 118 valence electrons. The Morgan fingerprint density at radius 3 is 2.18 bits per heavy atom. The third-order valence-electron chi connectivity index (χ3n) is 3.02. The molecule has 22 heavy (non-hydrogen) atoms. The van der Waals surface area contributed by atoms with Crippen molar-refractivity contribution in [1.82, 2.24) is 19.9 Å². The summed E-state index contributed by atoms with van der Waals surface area (Å²) >= 11 is 0. The second-order valence-electron chi connectivity index (χ2n) is 5.79. The highest BCUT2D eigenvalue weighted by molar-refractivity contribution is 5.55. The minimum Gasteiger partial charge on any atom is -0.363 e. The van der Waals surface area contributed by atoms with Gasteiger partial charge in [0.2, 0.25) is 11.9 Å². The summed E-state index contributed by atoms with van der Waals surface area (Å²) in [5.41, 5.74) is 0.844. The third-order valence-corrected chi connectivity index (χ3v) is 3.02. The normalized spacial score (nSPS) is 10.7. The van der Waals surface area contributed by atoms with Crippen molar-refractivity contribution in [3.8, 4) is 0 Å². The molecule has 0 unspecified atom stereocenters. The molecule has 0 aliphatic carbocycles. The summed E-state index contributed by atoms with van der Waals surface area (Å²) < 4.78 is 0. The van der Waals surface area contributed by atoms with Gasteiger partial charge in [-0.25, -0.2) is 4.98 Å². The van der Waals surface area contributed by atoms with Crippen LogP contribution in [0, 0.1) is 0 Å². The molecule has 0 aliphatic heterocycles. The first-order valence-electron chi connectivity index (χ1n) is 7.20. The molecule has 0 spiro atoms. The van der Waals surface area contributed by atoms with E-state index in [2.05, 4.69) is 39.1 Å². The van der Waals surface area contributed by atoms with E-state index in [0.717, 1.165) is 17.3 Å². The minimum absolute atomic E-state index is 0.233. The molecule has 7 heteroatoms. The number of rotatable bonds is 5. The van der Waals surface area contributed by atoms with Gasteiger partial charge in [0, 0.05) is 34.1 Å². The first-order valence-corrected chi connectivity index (χ1v) is 7.20. The fourth-order valence-corrected chi connectivity index (χ4v) is 1.75. The Balaban J connectivity index is 2.28. The summed E-state index contributed by atoms with van der Waals surface area (Å²) in [5.74, 6) is 3.06. The highest BCUT2D eigenvalue weighted by Crippen LogP contribution is 2.19. The van der Waals surface area contributed by atoms with Gasteiger partial charge in [-0.3, -0.25) is 0 Å². The maximum atomic E-state index is 4.47. The molecule has 0 amide bonds. The Morgan fingerprint density at radius 1 is 0.955 bits per heavy atom. The Hall–Kier alpha value is -2.44. The fraction of sp³-hybridized carbons (Fsp3) is 0.467. The number of nitrogens with one attached hydrogen (secondary N) is 1. The van der Waals surface area contributed by atoms with E-state index >= 15 is 0 Å². The van der Waals surface area contributed by atoms with Crippen molar-refractivity contribution in [2.75, 3.05) is 43.3 Å². The van der Waals surface area contributed by atoms with E-state index < -0.39 is 0 Å². The zero-order valence-corrected chi connectivity index (χ0v) is 14.0. The summed E-state index contributed by atoms with van der Waals surface area (Å²) in [6, 6.07) is 3.90. The van der Waals surface area contributed by atoms with E-state index in [1.807, 2.05) is 50.1 Å². The predicted molar refractivity (Wildman–Crippen MR) is 90.1 cm³/mol. The summed E-state index contributed by atoms with van der Waals surface area (Å²) in [5, 5.41) is 3.19. The number of nitrogens with zero attached hydrogens (tertiary/aromatic N) is 6. The molecule has 7 nitrogen and oxygen atoms in total. The van der Waals surface area contributed by atoms with Crippen molar-refractivity contribution < 1.29 is 0 Å². The Kier molecular flexibility index (Phi) is 4.75. The zero-order valence-electron chi connectivity index (χ0n) is 14.0. The number of aromatic nitrogens is 4. The van der Waals surface area contributed by atoms with Crippen LogP contribution in [0.1, 0.15) is 25.6 Å². The van der Waals surface area contributed by atoms with Crippen LogP contribution in [0.5, 0.6) is 0 Å². The molecule has 2 aromatic rings. The molecule has 0 saturated carbocycles. The smallest absolute Gasteiger partial charge is 0.232 e. The van der Waals surface area contributed by atoms with Crippen LogP contribution in [0.15, 0.2) is 18.3 Å². The predicted octanol–water partition coefficient (Wildman–Crippen LogP) is 2.27. The van der Waals surface area contributed by atoms with Crippen molar-refractivity contribution in [2.24, 2.45) is 0 Å². The second kappa shape index (κ2) is 6.55. The first-order chi connectivity index (χ1) is 10.4. The number of hydrogen-bond acceptors (Lipinski definition) is 7. The van der Waals surface area contributed by atoms with Gasteiger partial charge in [0.15, 0.2) is 0 Å². The topological polar surface area (TPSA) is 70.1 Å². The highest BCUT2D eigenvalue weighted by Gasteiger charge is 2.11. The van der Waals surface area contributed by atoms with Crippen LogP contribution < -0.4 is 15.1 Å². The van der Waals surface area contributed by atoms with Crippen molar-refractivity contribution in [3.05, 3.63) is 24.2 Å². The lowest BCUT2D eigenvalue weighted by atomic mass is 10.2. The average Bonchev–Trinajstić information content (AvgIpc) is 2.47.